The Morgan fingerprint density at radius 1 is 1.56 bits per heavy atom. The molecule has 0 heterocycles. The highest BCUT2D eigenvalue weighted by atomic mass is 79.9. The highest BCUT2D eigenvalue weighted by molar-refractivity contribution is 9.10. The topological polar surface area (TPSA) is 41.5 Å². The maximum atomic E-state index is 9.37. The standard InChI is InChI=1S/C11H15BrClNO2/c1-16-7-8-2-3-9(12)4-11(8)14-6-10(15)5-13/h2-4,10,14-15H,5-7H2,1H3. The van der Waals surface area contributed by atoms with Crippen molar-refractivity contribution in [2.24, 2.45) is 0 Å². The largest absolute Gasteiger partial charge is 0.390 e. The van der Waals surface area contributed by atoms with Crippen LogP contribution in [0.2, 0.25) is 0 Å². The summed E-state index contributed by atoms with van der Waals surface area (Å²) in [7, 11) is 1.65. The molecule has 0 spiro atoms. The van der Waals surface area contributed by atoms with Crippen LogP contribution in [0.3, 0.4) is 0 Å². The molecular weight excluding hydrogens is 293 g/mol. The van der Waals surface area contributed by atoms with E-state index in [-0.39, 0.29) is 5.88 Å². The molecule has 0 aliphatic carbocycles. The Morgan fingerprint density at radius 2 is 2.31 bits per heavy atom. The second kappa shape index (κ2) is 7.12. The molecule has 3 nitrogen and oxygen atoms in total. The molecule has 0 amide bonds. The second-order valence-corrected chi connectivity index (χ2v) is 4.65. The first-order valence-corrected chi connectivity index (χ1v) is 6.25. The van der Waals surface area contributed by atoms with Crippen LogP contribution >= 0.6 is 27.5 Å². The number of alkyl halides is 1. The summed E-state index contributed by atoms with van der Waals surface area (Å²) in [6.07, 6.45) is -0.545. The van der Waals surface area contributed by atoms with Gasteiger partial charge in [-0.25, -0.2) is 0 Å². The van der Waals surface area contributed by atoms with Gasteiger partial charge < -0.3 is 15.2 Å². The Labute approximate surface area is 109 Å². The van der Waals surface area contributed by atoms with E-state index in [0.717, 1.165) is 15.7 Å². The SMILES string of the molecule is COCc1ccc(Br)cc1NCC(O)CCl. The normalized spacial score (nSPS) is 12.5. The van der Waals surface area contributed by atoms with Gasteiger partial charge in [0.05, 0.1) is 18.6 Å². The molecule has 1 aromatic carbocycles. The summed E-state index contributed by atoms with van der Waals surface area (Å²) < 4.78 is 6.08. The first-order chi connectivity index (χ1) is 7.67. The average Bonchev–Trinajstić information content (AvgIpc) is 2.29. The number of halogens is 2. The summed E-state index contributed by atoms with van der Waals surface area (Å²) in [6, 6.07) is 5.88. The zero-order valence-corrected chi connectivity index (χ0v) is 11.4. The molecule has 5 heteroatoms. The summed E-state index contributed by atoms with van der Waals surface area (Å²) >= 11 is 8.93. The van der Waals surface area contributed by atoms with E-state index in [0.29, 0.717) is 13.2 Å². The van der Waals surface area contributed by atoms with Crippen molar-refractivity contribution in [3.63, 3.8) is 0 Å². The van der Waals surface area contributed by atoms with Crippen LogP contribution < -0.4 is 5.32 Å². The van der Waals surface area contributed by atoms with Crippen LogP contribution in [0.5, 0.6) is 0 Å². The molecule has 0 aliphatic heterocycles. The van der Waals surface area contributed by atoms with Gasteiger partial charge in [0.2, 0.25) is 0 Å². The maximum absolute atomic E-state index is 9.37. The van der Waals surface area contributed by atoms with Crippen LogP contribution in [0.4, 0.5) is 5.69 Å². The number of anilines is 1. The van der Waals surface area contributed by atoms with E-state index in [1.54, 1.807) is 7.11 Å². The van der Waals surface area contributed by atoms with Crippen LogP contribution in [0, 0.1) is 0 Å². The van der Waals surface area contributed by atoms with E-state index in [9.17, 15) is 5.11 Å². The van der Waals surface area contributed by atoms with Crippen molar-refractivity contribution in [2.45, 2.75) is 12.7 Å². The molecule has 0 aliphatic rings. The predicted octanol–water partition coefficient (Wildman–Crippen LogP) is 2.61. The van der Waals surface area contributed by atoms with Gasteiger partial charge in [0.25, 0.3) is 0 Å². The van der Waals surface area contributed by atoms with Crippen molar-refractivity contribution in [3.05, 3.63) is 28.2 Å². The molecule has 1 atom stereocenters. The van der Waals surface area contributed by atoms with Crippen LogP contribution in [0.25, 0.3) is 0 Å². The highest BCUT2D eigenvalue weighted by Crippen LogP contribution is 2.22. The molecule has 0 bridgehead atoms. The van der Waals surface area contributed by atoms with E-state index >= 15 is 0 Å². The molecule has 0 radical (unpaired) electrons. The molecule has 1 aromatic rings. The quantitative estimate of drug-likeness (QED) is 0.794. The third kappa shape index (κ3) is 4.29. The first-order valence-electron chi connectivity index (χ1n) is 4.92. The fourth-order valence-electron chi connectivity index (χ4n) is 1.28. The highest BCUT2D eigenvalue weighted by Gasteiger charge is 2.06. The fraction of sp³-hybridized carbons (Fsp3) is 0.455. The number of hydrogen-bond donors (Lipinski definition) is 2. The zero-order chi connectivity index (χ0) is 12.0. The maximum Gasteiger partial charge on any atom is 0.0847 e. The minimum atomic E-state index is -0.545. The zero-order valence-electron chi connectivity index (χ0n) is 9.04. The van der Waals surface area contributed by atoms with E-state index in [1.165, 1.54) is 0 Å². The average molecular weight is 309 g/mol. The first kappa shape index (κ1) is 13.8. The van der Waals surface area contributed by atoms with Crippen molar-refractivity contribution in [1.29, 1.82) is 0 Å². The number of hydrogen-bond acceptors (Lipinski definition) is 3. The van der Waals surface area contributed by atoms with Gasteiger partial charge in [-0.15, -0.1) is 11.6 Å². The fourth-order valence-corrected chi connectivity index (χ4v) is 1.75. The lowest BCUT2D eigenvalue weighted by atomic mass is 10.2. The van der Waals surface area contributed by atoms with Crippen molar-refractivity contribution < 1.29 is 9.84 Å². The summed E-state index contributed by atoms with van der Waals surface area (Å²) in [4.78, 5) is 0. The molecule has 1 unspecified atom stereocenters. The minimum Gasteiger partial charge on any atom is -0.390 e. The predicted molar refractivity (Wildman–Crippen MR) is 70.1 cm³/mol. The third-order valence-electron chi connectivity index (χ3n) is 2.08. The lowest BCUT2D eigenvalue weighted by Gasteiger charge is -2.14. The number of methoxy groups -OCH3 is 1. The van der Waals surface area contributed by atoms with Gasteiger partial charge in [-0.05, 0) is 12.1 Å². The number of ether oxygens (including phenoxy) is 1. The molecule has 90 valence electrons. The van der Waals surface area contributed by atoms with Crippen molar-refractivity contribution >= 4 is 33.2 Å². The minimum absolute atomic E-state index is 0.223. The summed E-state index contributed by atoms with van der Waals surface area (Å²) in [5, 5.41) is 12.5. The lowest BCUT2D eigenvalue weighted by Crippen LogP contribution is -2.21. The van der Waals surface area contributed by atoms with E-state index in [1.807, 2.05) is 18.2 Å². The van der Waals surface area contributed by atoms with Crippen molar-refractivity contribution in [2.75, 3.05) is 24.9 Å². The van der Waals surface area contributed by atoms with Crippen LogP contribution in [0.1, 0.15) is 5.56 Å². The molecule has 0 saturated carbocycles. The molecule has 0 aromatic heterocycles. The molecular formula is C11H15BrClNO2. The third-order valence-corrected chi connectivity index (χ3v) is 2.93. The number of nitrogens with one attached hydrogen (secondary N) is 1. The Hall–Kier alpha value is -0.290. The number of benzene rings is 1. The molecule has 16 heavy (non-hydrogen) atoms. The monoisotopic (exact) mass is 307 g/mol. The summed E-state index contributed by atoms with van der Waals surface area (Å²) in [5.74, 6) is 0.223. The molecule has 2 N–H and O–H groups in total. The smallest absolute Gasteiger partial charge is 0.0847 e. The number of rotatable bonds is 6. The van der Waals surface area contributed by atoms with E-state index in [2.05, 4.69) is 21.2 Å². The van der Waals surface area contributed by atoms with Gasteiger partial charge in [-0.2, -0.15) is 0 Å². The van der Waals surface area contributed by atoms with Crippen LogP contribution in [-0.2, 0) is 11.3 Å². The molecule has 1 rings (SSSR count). The number of aliphatic hydroxyl groups is 1. The van der Waals surface area contributed by atoms with Crippen LogP contribution in [0.15, 0.2) is 22.7 Å². The van der Waals surface area contributed by atoms with E-state index < -0.39 is 6.10 Å². The van der Waals surface area contributed by atoms with Gasteiger partial charge >= 0.3 is 0 Å². The van der Waals surface area contributed by atoms with Gasteiger partial charge in [0, 0.05) is 29.4 Å². The van der Waals surface area contributed by atoms with Gasteiger partial charge in [-0.3, -0.25) is 0 Å². The van der Waals surface area contributed by atoms with Gasteiger partial charge in [-0.1, -0.05) is 22.0 Å². The van der Waals surface area contributed by atoms with Crippen molar-refractivity contribution in [3.8, 4) is 0 Å². The Bertz CT molecular complexity index is 336. The Balaban J connectivity index is 2.71. The van der Waals surface area contributed by atoms with E-state index in [4.69, 9.17) is 16.3 Å². The number of aliphatic hydroxyl groups excluding tert-OH is 1. The second-order valence-electron chi connectivity index (χ2n) is 3.42. The summed E-state index contributed by atoms with van der Waals surface area (Å²) in [6.45, 7) is 0.962. The molecule has 0 saturated heterocycles. The Kier molecular flexibility index (Phi) is 6.13. The van der Waals surface area contributed by atoms with Crippen molar-refractivity contribution in [1.82, 2.24) is 0 Å². The summed E-state index contributed by atoms with van der Waals surface area (Å²) in [5.41, 5.74) is 1.99. The lowest BCUT2D eigenvalue weighted by molar-refractivity contribution is 0.185. The Morgan fingerprint density at radius 3 is 2.94 bits per heavy atom. The van der Waals surface area contributed by atoms with Gasteiger partial charge in [0.1, 0.15) is 0 Å². The molecule has 0 fully saturated rings. The van der Waals surface area contributed by atoms with Crippen LogP contribution in [-0.4, -0.2) is 30.7 Å². The van der Waals surface area contributed by atoms with Gasteiger partial charge in [0.15, 0.2) is 0 Å².